The number of nitrogens with one attached hydrogen (secondary N) is 1. The van der Waals surface area contributed by atoms with Crippen molar-refractivity contribution in [3.05, 3.63) is 71.3 Å². The molecule has 3 atom stereocenters. The minimum atomic E-state index is -1.26. The number of aliphatic carboxylic acids is 1. The zero-order valence-corrected chi connectivity index (χ0v) is 21.4. The first-order valence-corrected chi connectivity index (χ1v) is 12.5. The van der Waals surface area contributed by atoms with Crippen molar-refractivity contribution < 1.29 is 37.8 Å². The molecule has 0 spiro atoms. The zero-order chi connectivity index (χ0) is 28.1. The van der Waals surface area contributed by atoms with Crippen LogP contribution in [0.3, 0.4) is 0 Å². The number of hydrogen-bond donors (Lipinski definition) is 2. The molecule has 208 valence electrons. The van der Waals surface area contributed by atoms with Gasteiger partial charge in [0.2, 0.25) is 17.7 Å². The van der Waals surface area contributed by atoms with Gasteiger partial charge in [0.15, 0.2) is 0 Å². The molecule has 12 heteroatoms. The second kappa shape index (κ2) is 12.3. The maximum absolute atomic E-state index is 13.3. The molecule has 0 saturated carbocycles. The third kappa shape index (κ3) is 6.76. The minimum Gasteiger partial charge on any atom is -0.481 e. The zero-order valence-electron chi connectivity index (χ0n) is 21.4. The van der Waals surface area contributed by atoms with Crippen molar-refractivity contribution in [3.8, 4) is 0 Å². The van der Waals surface area contributed by atoms with Gasteiger partial charge >= 0.3 is 5.97 Å². The highest BCUT2D eigenvalue weighted by molar-refractivity contribution is 5.95. The number of benzene rings is 2. The van der Waals surface area contributed by atoms with Gasteiger partial charge in [-0.3, -0.25) is 24.1 Å². The molecule has 2 aromatic rings. The second-order valence-electron chi connectivity index (χ2n) is 9.65. The van der Waals surface area contributed by atoms with Gasteiger partial charge in [0, 0.05) is 19.6 Å². The van der Waals surface area contributed by atoms with Gasteiger partial charge in [0.05, 0.1) is 32.2 Å². The summed E-state index contributed by atoms with van der Waals surface area (Å²) in [6, 6.07) is 8.57. The van der Waals surface area contributed by atoms with E-state index >= 15 is 0 Å². The van der Waals surface area contributed by atoms with Crippen molar-refractivity contribution in [1.29, 1.82) is 0 Å². The average Bonchev–Trinajstić information content (AvgIpc) is 2.89. The molecule has 0 radical (unpaired) electrons. The topological polar surface area (TPSA) is 119 Å². The molecule has 3 amide bonds. The fourth-order valence-corrected chi connectivity index (χ4v) is 5.03. The fourth-order valence-electron chi connectivity index (χ4n) is 5.03. The predicted molar refractivity (Wildman–Crippen MR) is 134 cm³/mol. The summed E-state index contributed by atoms with van der Waals surface area (Å²) < 4.78 is 32.0. The van der Waals surface area contributed by atoms with E-state index in [0.29, 0.717) is 5.56 Å². The Morgan fingerprint density at radius 1 is 1.03 bits per heavy atom. The normalized spacial score (nSPS) is 21.6. The SMILES string of the molecule is CN1CC(=O)N2[C@H](CN(CCOCc3ccc(F)cc3)C(=O)[C@@H]2CC(=O)O)C1C(=O)NCc1ccc(F)cc1. The molecule has 0 bridgehead atoms. The minimum absolute atomic E-state index is 0.0135. The number of rotatable bonds is 10. The monoisotopic (exact) mass is 544 g/mol. The summed E-state index contributed by atoms with van der Waals surface area (Å²) in [7, 11) is 1.62. The summed E-state index contributed by atoms with van der Waals surface area (Å²) in [5, 5.41) is 12.3. The van der Waals surface area contributed by atoms with Crippen LogP contribution < -0.4 is 5.32 Å². The summed E-state index contributed by atoms with van der Waals surface area (Å²) in [6.07, 6.45) is -0.596. The van der Waals surface area contributed by atoms with Gasteiger partial charge in [0.25, 0.3) is 0 Å². The first-order chi connectivity index (χ1) is 18.6. The van der Waals surface area contributed by atoms with Crippen LogP contribution in [0.1, 0.15) is 17.5 Å². The van der Waals surface area contributed by atoms with Crippen LogP contribution in [0.2, 0.25) is 0 Å². The van der Waals surface area contributed by atoms with Crippen molar-refractivity contribution >= 4 is 23.7 Å². The molecule has 2 aliphatic rings. The van der Waals surface area contributed by atoms with Crippen molar-refractivity contribution in [3.63, 3.8) is 0 Å². The highest BCUT2D eigenvalue weighted by Gasteiger charge is 2.52. The molecule has 10 nitrogen and oxygen atoms in total. The van der Waals surface area contributed by atoms with Gasteiger partial charge in [-0.05, 0) is 42.4 Å². The highest BCUT2D eigenvalue weighted by atomic mass is 19.1. The van der Waals surface area contributed by atoms with Crippen LogP contribution >= 0.6 is 0 Å². The fraction of sp³-hybridized carbons (Fsp3) is 0.407. The Balaban J connectivity index is 1.48. The van der Waals surface area contributed by atoms with Gasteiger partial charge in [-0.15, -0.1) is 0 Å². The number of halogens is 2. The summed E-state index contributed by atoms with van der Waals surface area (Å²) in [5.74, 6) is -3.37. The van der Waals surface area contributed by atoms with E-state index in [1.54, 1.807) is 36.2 Å². The maximum Gasteiger partial charge on any atom is 0.305 e. The first-order valence-electron chi connectivity index (χ1n) is 12.5. The van der Waals surface area contributed by atoms with Crippen molar-refractivity contribution in [2.24, 2.45) is 0 Å². The number of fused-ring (bicyclic) bond motifs is 1. The summed E-state index contributed by atoms with van der Waals surface area (Å²) >= 11 is 0. The number of amides is 3. The number of hydrogen-bond acceptors (Lipinski definition) is 6. The lowest BCUT2D eigenvalue weighted by Gasteiger charge is -2.52. The first kappa shape index (κ1) is 28.1. The van der Waals surface area contributed by atoms with E-state index < -0.39 is 54.1 Å². The smallest absolute Gasteiger partial charge is 0.305 e. The van der Waals surface area contributed by atoms with Crippen LogP contribution in [0.25, 0.3) is 0 Å². The molecule has 39 heavy (non-hydrogen) atoms. The number of carbonyl (C=O) groups excluding carboxylic acids is 3. The van der Waals surface area contributed by atoms with Gasteiger partial charge in [0.1, 0.15) is 23.7 Å². The van der Waals surface area contributed by atoms with Gasteiger partial charge in [-0.25, -0.2) is 8.78 Å². The Morgan fingerprint density at radius 3 is 2.26 bits per heavy atom. The highest BCUT2D eigenvalue weighted by Crippen LogP contribution is 2.28. The van der Waals surface area contributed by atoms with Crippen LogP contribution in [-0.4, -0.2) is 94.9 Å². The Bertz CT molecular complexity index is 1210. The number of carboxylic acids is 1. The predicted octanol–water partition coefficient (Wildman–Crippen LogP) is 0.995. The number of carbonyl (C=O) groups is 4. The van der Waals surface area contributed by atoms with Crippen LogP contribution in [0, 0.1) is 11.6 Å². The number of piperazine rings is 2. The van der Waals surface area contributed by atoms with Crippen LogP contribution in [0.5, 0.6) is 0 Å². The molecule has 2 fully saturated rings. The number of nitrogens with zero attached hydrogens (tertiary/aromatic N) is 3. The maximum atomic E-state index is 13.3. The van der Waals surface area contributed by atoms with E-state index in [4.69, 9.17) is 4.74 Å². The lowest BCUT2D eigenvalue weighted by atomic mass is 9.92. The van der Waals surface area contributed by atoms with Crippen LogP contribution in [-0.2, 0) is 37.1 Å². The Labute approximate surface area is 224 Å². The number of ether oxygens (including phenoxy) is 1. The van der Waals surface area contributed by atoms with Gasteiger partial charge in [-0.1, -0.05) is 24.3 Å². The molecule has 0 aromatic heterocycles. The quantitative estimate of drug-likeness (QED) is 0.429. The standard InChI is InChI=1S/C27H30F2N4O6/c1-31-15-23(34)33-21(12-24(35)36)27(38)32(10-11-39-16-18-4-8-20(29)9-5-18)14-22(33)25(31)26(37)30-13-17-2-6-19(28)7-3-17/h2-9,21-22,25H,10-16H2,1H3,(H,30,37)(H,35,36)/t21-,22+,25?/m0/s1. The summed E-state index contributed by atoms with van der Waals surface area (Å²) in [5.41, 5.74) is 1.42. The molecule has 0 aliphatic carbocycles. The molecule has 2 aromatic carbocycles. The molecule has 2 saturated heterocycles. The van der Waals surface area contributed by atoms with E-state index in [1.807, 2.05) is 0 Å². The number of carboxylic acid groups (broad SMARTS) is 1. The van der Waals surface area contributed by atoms with E-state index in [0.717, 1.165) is 5.56 Å². The third-order valence-electron chi connectivity index (χ3n) is 6.91. The Hall–Kier alpha value is -3.90. The molecule has 1 unspecified atom stereocenters. The van der Waals surface area contributed by atoms with Crippen molar-refractivity contribution in [2.75, 3.05) is 33.3 Å². The molecule has 2 heterocycles. The molecule has 4 rings (SSSR count). The molecule has 2 aliphatic heterocycles. The average molecular weight is 545 g/mol. The van der Waals surface area contributed by atoms with E-state index in [1.165, 1.54) is 34.1 Å². The van der Waals surface area contributed by atoms with E-state index in [-0.39, 0.29) is 45.2 Å². The Morgan fingerprint density at radius 2 is 1.64 bits per heavy atom. The lowest BCUT2D eigenvalue weighted by molar-refractivity contribution is -0.170. The largest absolute Gasteiger partial charge is 0.481 e. The lowest BCUT2D eigenvalue weighted by Crippen LogP contribution is -2.75. The van der Waals surface area contributed by atoms with Crippen LogP contribution in [0.15, 0.2) is 48.5 Å². The summed E-state index contributed by atoms with van der Waals surface area (Å²) in [4.78, 5) is 55.5. The van der Waals surface area contributed by atoms with Gasteiger partial charge < -0.3 is 25.0 Å². The Kier molecular flexibility index (Phi) is 8.87. The van der Waals surface area contributed by atoms with Gasteiger partial charge in [-0.2, -0.15) is 0 Å². The number of likely N-dealkylation sites (N-methyl/N-ethyl adjacent to an activating group) is 1. The molecular formula is C27H30F2N4O6. The third-order valence-corrected chi connectivity index (χ3v) is 6.91. The second-order valence-corrected chi connectivity index (χ2v) is 9.65. The summed E-state index contributed by atoms with van der Waals surface area (Å²) in [6.45, 7) is 0.395. The van der Waals surface area contributed by atoms with E-state index in [2.05, 4.69) is 5.32 Å². The van der Waals surface area contributed by atoms with Crippen molar-refractivity contribution in [2.45, 2.75) is 37.7 Å². The molecular weight excluding hydrogens is 514 g/mol. The van der Waals surface area contributed by atoms with Crippen molar-refractivity contribution in [1.82, 2.24) is 20.0 Å². The molecule has 2 N–H and O–H groups in total. The van der Waals surface area contributed by atoms with E-state index in [9.17, 15) is 33.1 Å². The van der Waals surface area contributed by atoms with Crippen LogP contribution in [0.4, 0.5) is 8.78 Å².